The maximum Gasteiger partial charge on any atom is 0.490 e. The average Bonchev–Trinajstić information content (AvgIpc) is 3.47. The predicted molar refractivity (Wildman–Crippen MR) is 108 cm³/mol. The molecule has 0 spiro atoms. The van der Waals surface area contributed by atoms with Gasteiger partial charge in [-0.25, -0.2) is 14.8 Å². The van der Waals surface area contributed by atoms with Crippen molar-refractivity contribution >= 4 is 17.0 Å². The minimum Gasteiger partial charge on any atom is -0.495 e. The number of rotatable bonds is 5. The van der Waals surface area contributed by atoms with Crippen molar-refractivity contribution in [3.63, 3.8) is 0 Å². The van der Waals surface area contributed by atoms with Crippen LogP contribution in [0.25, 0.3) is 22.3 Å². The van der Waals surface area contributed by atoms with E-state index in [1.807, 2.05) is 24.5 Å². The molecule has 13 heteroatoms. The third-order valence-electron chi connectivity index (χ3n) is 4.43. The molecule has 0 saturated carbocycles. The highest BCUT2D eigenvalue weighted by Crippen LogP contribution is 2.28. The number of fused-ring (bicyclic) bond motifs is 1. The van der Waals surface area contributed by atoms with Crippen LogP contribution >= 0.6 is 0 Å². The van der Waals surface area contributed by atoms with Crippen molar-refractivity contribution in [1.29, 1.82) is 5.26 Å². The zero-order valence-corrected chi connectivity index (χ0v) is 17.0. The number of hydrogen-bond acceptors (Lipinski definition) is 7. The van der Waals surface area contributed by atoms with Crippen LogP contribution in [-0.4, -0.2) is 54.1 Å². The third-order valence-corrected chi connectivity index (χ3v) is 4.43. The summed E-state index contributed by atoms with van der Waals surface area (Å²) >= 11 is 0. The zero-order chi connectivity index (χ0) is 24.0. The van der Waals surface area contributed by atoms with Crippen molar-refractivity contribution in [3.05, 3.63) is 55.0 Å². The Morgan fingerprint density at radius 2 is 2.09 bits per heavy atom. The number of aliphatic carboxylic acids is 1. The van der Waals surface area contributed by atoms with Crippen LogP contribution in [0.15, 0.2) is 49.4 Å². The van der Waals surface area contributed by atoms with E-state index in [9.17, 15) is 18.4 Å². The number of hydrogen-bond donors (Lipinski definition) is 2. The van der Waals surface area contributed by atoms with Gasteiger partial charge in [0, 0.05) is 29.5 Å². The molecule has 4 aromatic rings. The van der Waals surface area contributed by atoms with E-state index in [1.54, 1.807) is 30.4 Å². The van der Waals surface area contributed by atoms with Gasteiger partial charge in [0.05, 0.1) is 43.7 Å². The van der Waals surface area contributed by atoms with Gasteiger partial charge in [-0.3, -0.25) is 9.67 Å². The molecular weight excluding hydrogens is 443 g/mol. The Bertz CT molecular complexity index is 1290. The Hall–Kier alpha value is -4.47. The summed E-state index contributed by atoms with van der Waals surface area (Å²) < 4.78 is 38.7. The number of methoxy groups -OCH3 is 1. The summed E-state index contributed by atoms with van der Waals surface area (Å²) in [5, 5.41) is 21.8. The number of nitrogens with zero attached hydrogens (tertiary/aromatic N) is 6. The smallest absolute Gasteiger partial charge is 0.490 e. The highest BCUT2D eigenvalue weighted by Gasteiger charge is 2.38. The van der Waals surface area contributed by atoms with Gasteiger partial charge in [0.2, 0.25) is 0 Å². The maximum absolute atomic E-state index is 10.6. The predicted octanol–water partition coefficient (Wildman–Crippen LogP) is 3.36. The van der Waals surface area contributed by atoms with Gasteiger partial charge >= 0.3 is 12.1 Å². The number of pyridine rings is 1. The SMILES string of the molecule is COc1cncc(C(CC#N)n2cc(-c3ncnc4[nH]ccc34)cn2)c1.O=C(O)C(F)(F)F. The molecule has 1 unspecified atom stereocenters. The number of nitriles is 1. The molecule has 0 aliphatic rings. The largest absolute Gasteiger partial charge is 0.495 e. The molecule has 0 fully saturated rings. The van der Waals surface area contributed by atoms with Gasteiger partial charge in [-0.05, 0) is 17.7 Å². The number of alkyl halides is 3. The number of carboxylic acid groups (broad SMARTS) is 1. The molecule has 0 radical (unpaired) electrons. The summed E-state index contributed by atoms with van der Waals surface area (Å²) in [7, 11) is 1.59. The summed E-state index contributed by atoms with van der Waals surface area (Å²) in [4.78, 5) is 24.7. The van der Waals surface area contributed by atoms with Crippen molar-refractivity contribution in [1.82, 2.24) is 29.7 Å². The fraction of sp³-hybridized carbons (Fsp3) is 0.200. The molecule has 1 atom stereocenters. The van der Waals surface area contributed by atoms with Crippen LogP contribution in [0.2, 0.25) is 0 Å². The van der Waals surface area contributed by atoms with E-state index in [0.29, 0.717) is 5.75 Å². The van der Waals surface area contributed by atoms with Crippen LogP contribution in [0, 0.1) is 11.3 Å². The van der Waals surface area contributed by atoms with Crippen molar-refractivity contribution in [2.75, 3.05) is 7.11 Å². The fourth-order valence-electron chi connectivity index (χ4n) is 2.91. The minimum absolute atomic E-state index is 0.263. The van der Waals surface area contributed by atoms with Crippen LogP contribution in [-0.2, 0) is 4.79 Å². The molecule has 0 amide bonds. The quantitative estimate of drug-likeness (QED) is 0.463. The number of carboxylic acids is 1. The first-order chi connectivity index (χ1) is 15.7. The number of ether oxygens (including phenoxy) is 1. The number of carbonyl (C=O) groups is 1. The Balaban J connectivity index is 0.000000383. The van der Waals surface area contributed by atoms with E-state index in [2.05, 4.69) is 31.1 Å². The lowest BCUT2D eigenvalue weighted by atomic mass is 10.1. The summed E-state index contributed by atoms with van der Waals surface area (Å²) in [6.07, 6.45) is 5.51. The molecule has 170 valence electrons. The van der Waals surface area contributed by atoms with Crippen molar-refractivity contribution in [2.24, 2.45) is 0 Å². The van der Waals surface area contributed by atoms with Gasteiger partial charge in [0.15, 0.2) is 0 Å². The molecule has 0 aromatic carbocycles. The van der Waals surface area contributed by atoms with E-state index in [-0.39, 0.29) is 12.5 Å². The van der Waals surface area contributed by atoms with Crippen LogP contribution in [0.1, 0.15) is 18.0 Å². The molecule has 0 saturated heterocycles. The number of halogens is 3. The zero-order valence-electron chi connectivity index (χ0n) is 17.0. The Morgan fingerprint density at radius 1 is 1.33 bits per heavy atom. The number of aromatic nitrogens is 6. The van der Waals surface area contributed by atoms with E-state index in [1.165, 1.54) is 6.33 Å². The van der Waals surface area contributed by atoms with Gasteiger partial charge < -0.3 is 14.8 Å². The van der Waals surface area contributed by atoms with Gasteiger partial charge in [0.25, 0.3) is 0 Å². The molecular formula is C20H16F3N7O3. The highest BCUT2D eigenvalue weighted by molar-refractivity contribution is 5.89. The van der Waals surface area contributed by atoms with Crippen molar-refractivity contribution in [3.8, 4) is 23.1 Å². The molecule has 0 bridgehead atoms. The lowest BCUT2D eigenvalue weighted by Gasteiger charge is -2.15. The Morgan fingerprint density at radius 3 is 2.76 bits per heavy atom. The molecule has 33 heavy (non-hydrogen) atoms. The average molecular weight is 459 g/mol. The van der Waals surface area contributed by atoms with Crippen LogP contribution in [0.3, 0.4) is 0 Å². The van der Waals surface area contributed by atoms with E-state index < -0.39 is 12.1 Å². The number of H-pyrrole nitrogens is 1. The molecule has 0 aliphatic heterocycles. The Labute approximate surface area is 184 Å². The minimum atomic E-state index is -5.08. The molecule has 4 rings (SSSR count). The van der Waals surface area contributed by atoms with Gasteiger partial charge in [-0.15, -0.1) is 0 Å². The topological polar surface area (TPSA) is 143 Å². The second-order valence-electron chi connectivity index (χ2n) is 6.51. The van der Waals surface area contributed by atoms with E-state index >= 15 is 0 Å². The first-order valence-electron chi connectivity index (χ1n) is 9.23. The molecule has 0 aliphatic carbocycles. The summed E-state index contributed by atoms with van der Waals surface area (Å²) in [6.45, 7) is 0. The molecule has 4 heterocycles. The lowest BCUT2D eigenvalue weighted by molar-refractivity contribution is -0.192. The summed E-state index contributed by atoms with van der Waals surface area (Å²) in [6, 6.07) is 5.75. The maximum atomic E-state index is 10.6. The number of aromatic amines is 1. The lowest BCUT2D eigenvalue weighted by Crippen LogP contribution is -2.21. The third kappa shape index (κ3) is 5.42. The van der Waals surface area contributed by atoms with Crippen LogP contribution in [0.4, 0.5) is 13.2 Å². The van der Waals surface area contributed by atoms with Gasteiger partial charge in [0.1, 0.15) is 17.7 Å². The van der Waals surface area contributed by atoms with Crippen molar-refractivity contribution < 1.29 is 27.8 Å². The van der Waals surface area contributed by atoms with Gasteiger partial charge in [-0.1, -0.05) is 0 Å². The fourth-order valence-corrected chi connectivity index (χ4v) is 2.91. The van der Waals surface area contributed by atoms with Crippen LogP contribution < -0.4 is 4.74 Å². The molecule has 10 nitrogen and oxygen atoms in total. The van der Waals surface area contributed by atoms with Crippen molar-refractivity contribution in [2.45, 2.75) is 18.6 Å². The highest BCUT2D eigenvalue weighted by atomic mass is 19.4. The van der Waals surface area contributed by atoms with E-state index in [0.717, 1.165) is 27.9 Å². The number of nitrogens with one attached hydrogen (secondary N) is 1. The second kappa shape index (κ2) is 9.77. The summed E-state index contributed by atoms with van der Waals surface area (Å²) in [5.74, 6) is -2.12. The first kappa shape index (κ1) is 23.2. The summed E-state index contributed by atoms with van der Waals surface area (Å²) in [5.41, 5.74) is 3.28. The molecule has 2 N–H and O–H groups in total. The molecule has 4 aromatic heterocycles. The first-order valence-corrected chi connectivity index (χ1v) is 9.23. The standard InChI is InChI=1S/C18H15N7O.C2HF3O2/c1-26-14-6-12(7-20-9-14)16(2-4-19)25-10-13(8-24-25)17-15-3-5-21-18(15)23-11-22-17;3-2(4,5)1(6)7/h3,5-11,16H,2H2,1H3,(H,21,22,23);(H,6,7). The monoisotopic (exact) mass is 459 g/mol. The van der Waals surface area contributed by atoms with Crippen LogP contribution in [0.5, 0.6) is 5.75 Å². The van der Waals surface area contributed by atoms with E-state index in [4.69, 9.17) is 14.6 Å². The second-order valence-corrected chi connectivity index (χ2v) is 6.51. The van der Waals surface area contributed by atoms with Gasteiger partial charge in [-0.2, -0.15) is 23.5 Å². The normalized spacial score (nSPS) is 11.8. The Kier molecular flexibility index (Phi) is 6.87.